The molecule has 3 rings (SSSR count). The molecule has 3 aromatic rings. The zero-order valence-corrected chi connectivity index (χ0v) is 16.4. The average Bonchev–Trinajstić information content (AvgIpc) is 2.71. The SMILES string of the molecule is COc1cc(C(=O)Oc2c(F)c(F)c(F)c(F)c2F)cc2cc(CP(=O)(O)O)ccc12. The van der Waals surface area contributed by atoms with E-state index in [1.807, 2.05) is 0 Å². The Balaban J connectivity index is 2.06. The highest BCUT2D eigenvalue weighted by Crippen LogP contribution is 2.40. The minimum absolute atomic E-state index is 0.0876. The zero-order chi connectivity index (χ0) is 23.1. The van der Waals surface area contributed by atoms with Crippen LogP contribution < -0.4 is 9.47 Å². The first-order valence-electron chi connectivity index (χ1n) is 8.31. The third-order valence-corrected chi connectivity index (χ3v) is 4.96. The van der Waals surface area contributed by atoms with Crippen molar-refractivity contribution < 1.29 is 50.6 Å². The molecule has 6 nitrogen and oxygen atoms in total. The van der Waals surface area contributed by atoms with Crippen molar-refractivity contribution in [3.63, 3.8) is 0 Å². The highest BCUT2D eigenvalue weighted by atomic mass is 31.2. The Labute approximate surface area is 171 Å². The summed E-state index contributed by atoms with van der Waals surface area (Å²) in [6.45, 7) is 0. The number of hydrogen-bond acceptors (Lipinski definition) is 4. The Kier molecular flexibility index (Phi) is 6.04. The molecule has 0 fully saturated rings. The van der Waals surface area contributed by atoms with Crippen LogP contribution in [0.5, 0.6) is 11.5 Å². The van der Waals surface area contributed by atoms with E-state index in [0.717, 1.165) is 12.1 Å². The van der Waals surface area contributed by atoms with Crippen LogP contribution in [0.1, 0.15) is 15.9 Å². The van der Waals surface area contributed by atoms with E-state index in [1.165, 1.54) is 25.3 Å². The van der Waals surface area contributed by atoms with E-state index >= 15 is 0 Å². The molecule has 0 amide bonds. The predicted octanol–water partition coefficient (Wildman–Crippen LogP) is 4.44. The lowest BCUT2D eigenvalue weighted by Crippen LogP contribution is -2.14. The van der Waals surface area contributed by atoms with Gasteiger partial charge in [0.15, 0.2) is 0 Å². The van der Waals surface area contributed by atoms with Gasteiger partial charge in [0.05, 0.1) is 18.8 Å². The fraction of sp³-hybridized carbons (Fsp3) is 0.105. The highest BCUT2D eigenvalue weighted by Gasteiger charge is 2.29. The maximum absolute atomic E-state index is 13.8. The quantitative estimate of drug-likeness (QED) is 0.146. The molecule has 0 aliphatic heterocycles. The molecule has 0 heterocycles. The molecule has 0 aromatic heterocycles. The van der Waals surface area contributed by atoms with E-state index < -0.39 is 54.6 Å². The Bertz CT molecular complexity index is 1230. The molecule has 0 radical (unpaired) electrons. The second kappa shape index (κ2) is 8.26. The van der Waals surface area contributed by atoms with Crippen LogP contribution in [0.15, 0.2) is 30.3 Å². The van der Waals surface area contributed by atoms with Crippen molar-refractivity contribution in [3.05, 3.63) is 70.5 Å². The van der Waals surface area contributed by atoms with Gasteiger partial charge in [-0.1, -0.05) is 18.2 Å². The van der Waals surface area contributed by atoms with Gasteiger partial charge >= 0.3 is 13.6 Å². The Hall–Kier alpha value is -3.01. The van der Waals surface area contributed by atoms with Gasteiger partial charge in [-0.05, 0) is 23.1 Å². The number of carbonyl (C=O) groups excluding carboxylic acids is 1. The largest absolute Gasteiger partial charge is 0.496 e. The number of hydrogen-bond donors (Lipinski definition) is 2. The number of rotatable bonds is 5. The van der Waals surface area contributed by atoms with Gasteiger partial charge in [0.25, 0.3) is 0 Å². The molecular weight excluding hydrogens is 450 g/mol. The zero-order valence-electron chi connectivity index (χ0n) is 15.5. The molecular formula is C19H12F5O6P. The third kappa shape index (κ3) is 4.53. The second-order valence-electron chi connectivity index (χ2n) is 6.35. The van der Waals surface area contributed by atoms with Gasteiger partial charge in [0.1, 0.15) is 5.75 Å². The standard InChI is InChI=1S/C19H12F5O6P/c1-29-12-6-10(5-9-4-8(2-3-11(9)12)7-31(26,27)28)19(25)30-18-16(23)14(21)13(20)15(22)17(18)24/h2-6H,7H2,1H3,(H2,26,27,28). The van der Waals surface area contributed by atoms with Gasteiger partial charge in [-0.15, -0.1) is 0 Å². The second-order valence-corrected chi connectivity index (χ2v) is 7.99. The number of halogens is 5. The molecule has 3 aromatic carbocycles. The van der Waals surface area contributed by atoms with Crippen molar-refractivity contribution in [1.82, 2.24) is 0 Å². The summed E-state index contributed by atoms with van der Waals surface area (Å²) in [6.07, 6.45) is -0.593. The number of fused-ring (bicyclic) bond motifs is 1. The molecule has 0 unspecified atom stereocenters. The van der Waals surface area contributed by atoms with Crippen molar-refractivity contribution in [2.75, 3.05) is 7.11 Å². The fourth-order valence-corrected chi connectivity index (χ4v) is 3.51. The van der Waals surface area contributed by atoms with Crippen LogP contribution in [0.3, 0.4) is 0 Å². The smallest absolute Gasteiger partial charge is 0.343 e. The van der Waals surface area contributed by atoms with Crippen molar-refractivity contribution in [2.45, 2.75) is 6.16 Å². The van der Waals surface area contributed by atoms with Crippen LogP contribution in [0.2, 0.25) is 0 Å². The van der Waals surface area contributed by atoms with Crippen molar-refractivity contribution in [2.24, 2.45) is 0 Å². The Morgan fingerprint density at radius 3 is 2.06 bits per heavy atom. The lowest BCUT2D eigenvalue weighted by molar-refractivity contribution is 0.0715. The van der Waals surface area contributed by atoms with E-state index in [1.54, 1.807) is 0 Å². The molecule has 0 bridgehead atoms. The molecule has 0 atom stereocenters. The Morgan fingerprint density at radius 1 is 0.935 bits per heavy atom. The van der Waals surface area contributed by atoms with Gasteiger partial charge in [0.2, 0.25) is 34.8 Å². The lowest BCUT2D eigenvalue weighted by atomic mass is 10.0. The molecule has 0 aliphatic carbocycles. The first-order valence-corrected chi connectivity index (χ1v) is 10.1. The number of methoxy groups -OCH3 is 1. The molecule has 0 aliphatic rings. The summed E-state index contributed by atoms with van der Waals surface area (Å²) in [7, 11) is -3.15. The number of ether oxygens (including phenoxy) is 2. The summed E-state index contributed by atoms with van der Waals surface area (Å²) in [4.78, 5) is 30.6. The van der Waals surface area contributed by atoms with Crippen LogP contribution in [-0.2, 0) is 10.7 Å². The first kappa shape index (κ1) is 22.7. The molecule has 0 saturated heterocycles. The van der Waals surface area contributed by atoms with E-state index in [2.05, 4.69) is 4.74 Å². The molecule has 0 saturated carbocycles. The van der Waals surface area contributed by atoms with Crippen molar-refractivity contribution >= 4 is 24.3 Å². The molecule has 12 heteroatoms. The van der Waals surface area contributed by atoms with E-state index in [-0.39, 0.29) is 22.3 Å². The van der Waals surface area contributed by atoms with Crippen molar-refractivity contribution in [3.8, 4) is 11.5 Å². The summed E-state index contributed by atoms with van der Waals surface area (Å²) >= 11 is 0. The predicted molar refractivity (Wildman–Crippen MR) is 97.4 cm³/mol. The fourth-order valence-electron chi connectivity index (χ4n) is 2.83. The summed E-state index contributed by atoms with van der Waals surface area (Å²) in [5, 5.41) is 0.666. The summed E-state index contributed by atoms with van der Waals surface area (Å²) in [6, 6.07) is 6.50. The van der Waals surface area contributed by atoms with Gasteiger partial charge in [0, 0.05) is 5.39 Å². The highest BCUT2D eigenvalue weighted by molar-refractivity contribution is 7.50. The number of benzene rings is 3. The monoisotopic (exact) mass is 462 g/mol. The average molecular weight is 462 g/mol. The molecule has 0 spiro atoms. The Morgan fingerprint density at radius 2 is 1.52 bits per heavy atom. The molecule has 2 N–H and O–H groups in total. The van der Waals surface area contributed by atoms with Gasteiger partial charge < -0.3 is 19.3 Å². The van der Waals surface area contributed by atoms with E-state index in [9.17, 15) is 31.3 Å². The minimum Gasteiger partial charge on any atom is -0.496 e. The van der Waals surface area contributed by atoms with Crippen LogP contribution in [0.25, 0.3) is 10.8 Å². The van der Waals surface area contributed by atoms with Crippen LogP contribution in [-0.4, -0.2) is 22.9 Å². The number of esters is 1. The summed E-state index contributed by atoms with van der Waals surface area (Å²) in [5.74, 6) is -14.7. The normalized spacial score (nSPS) is 11.6. The first-order chi connectivity index (χ1) is 14.4. The van der Waals surface area contributed by atoms with Crippen LogP contribution in [0, 0.1) is 29.1 Å². The number of carbonyl (C=O) groups is 1. The molecule has 164 valence electrons. The van der Waals surface area contributed by atoms with Gasteiger partial charge in [-0.2, -0.15) is 8.78 Å². The minimum atomic E-state index is -4.39. The maximum atomic E-state index is 13.8. The summed E-state index contributed by atoms with van der Waals surface area (Å²) in [5.41, 5.74) is -0.158. The van der Waals surface area contributed by atoms with E-state index in [4.69, 9.17) is 14.5 Å². The van der Waals surface area contributed by atoms with E-state index in [0.29, 0.717) is 5.39 Å². The third-order valence-electron chi connectivity index (χ3n) is 4.19. The maximum Gasteiger partial charge on any atom is 0.343 e. The van der Waals surface area contributed by atoms with Gasteiger partial charge in [-0.3, -0.25) is 4.57 Å². The summed E-state index contributed by atoms with van der Waals surface area (Å²) < 4.78 is 88.2. The van der Waals surface area contributed by atoms with Crippen LogP contribution in [0.4, 0.5) is 22.0 Å². The van der Waals surface area contributed by atoms with Crippen molar-refractivity contribution in [1.29, 1.82) is 0 Å². The van der Waals surface area contributed by atoms with Gasteiger partial charge in [-0.25, -0.2) is 18.0 Å². The van der Waals surface area contributed by atoms with Crippen LogP contribution >= 0.6 is 7.60 Å². The topological polar surface area (TPSA) is 93.1 Å². The molecule has 31 heavy (non-hydrogen) atoms. The lowest BCUT2D eigenvalue weighted by Gasteiger charge is -2.12.